The van der Waals surface area contributed by atoms with E-state index in [9.17, 15) is 0 Å². The highest BCUT2D eigenvalue weighted by molar-refractivity contribution is 6.87. The molecule has 9 aromatic rings. The van der Waals surface area contributed by atoms with Gasteiger partial charge in [0.15, 0.2) is 0 Å². The smallest absolute Gasteiger partial charge is 0.361 e. The van der Waals surface area contributed by atoms with Crippen molar-refractivity contribution >= 4 is 35.2 Å². The van der Waals surface area contributed by atoms with Crippen molar-refractivity contribution in [3.05, 3.63) is 222 Å². The van der Waals surface area contributed by atoms with Gasteiger partial charge in [-0.3, -0.25) is 0 Å². The lowest BCUT2D eigenvalue weighted by Crippen LogP contribution is -2.62. The van der Waals surface area contributed by atoms with Gasteiger partial charge in [-0.2, -0.15) is 0 Å². The number of hydrogen-bond donors (Lipinski definition) is 0. The van der Waals surface area contributed by atoms with Gasteiger partial charge in [0.2, 0.25) is 0 Å². The van der Waals surface area contributed by atoms with Crippen LogP contribution in [0.4, 0.5) is 22.7 Å². The molecule has 9 aromatic carbocycles. The van der Waals surface area contributed by atoms with Crippen LogP contribution in [0.1, 0.15) is 49.9 Å². The highest BCUT2D eigenvalue weighted by Crippen LogP contribution is 2.60. The van der Waals surface area contributed by atoms with Crippen LogP contribution in [0.15, 0.2) is 200 Å². The summed E-state index contributed by atoms with van der Waals surface area (Å²) in [5.41, 5.74) is 26.7. The van der Waals surface area contributed by atoms with Crippen LogP contribution in [-0.2, 0) is 10.8 Å². The van der Waals surface area contributed by atoms with Crippen molar-refractivity contribution < 1.29 is 0 Å². The van der Waals surface area contributed by atoms with Gasteiger partial charge in [-0.05, 0) is 103 Å². The third kappa shape index (κ3) is 4.85. The molecule has 3 heteroatoms. The van der Waals surface area contributed by atoms with E-state index in [1.165, 1.54) is 117 Å². The first-order valence-electron chi connectivity index (χ1n) is 22.4. The molecule has 0 spiro atoms. The molecule has 0 radical (unpaired) electrons. The summed E-state index contributed by atoms with van der Waals surface area (Å²) in [5.74, 6) is 0. The molecule has 0 saturated heterocycles. The first-order valence-corrected chi connectivity index (χ1v) is 22.4. The van der Waals surface area contributed by atoms with Gasteiger partial charge in [-0.1, -0.05) is 198 Å². The summed E-state index contributed by atoms with van der Waals surface area (Å²) < 4.78 is 0. The Labute approximate surface area is 370 Å². The molecule has 2 aliphatic carbocycles. The maximum atomic E-state index is 2.73. The second-order valence-electron chi connectivity index (χ2n) is 18.8. The van der Waals surface area contributed by atoms with E-state index in [-0.39, 0.29) is 17.8 Å². The molecule has 0 fully saturated rings. The van der Waals surface area contributed by atoms with Crippen LogP contribution < -0.4 is 15.1 Å². The summed E-state index contributed by atoms with van der Waals surface area (Å²) in [7, 11) is 0. The summed E-state index contributed by atoms with van der Waals surface area (Å²) in [6, 6.07) is 75.4. The molecule has 0 N–H and O–H groups in total. The highest BCUT2D eigenvalue weighted by Gasteiger charge is 2.51. The van der Waals surface area contributed by atoms with Crippen molar-refractivity contribution in [2.24, 2.45) is 0 Å². The first kappa shape index (κ1) is 36.3. The molecule has 298 valence electrons. The fourth-order valence-electron chi connectivity index (χ4n) is 12.1. The molecule has 13 rings (SSSR count). The van der Waals surface area contributed by atoms with Gasteiger partial charge >= 0.3 is 6.98 Å². The Bertz CT molecular complexity index is 3140. The Hall–Kier alpha value is -7.36. The van der Waals surface area contributed by atoms with Crippen LogP contribution >= 0.6 is 0 Å². The van der Waals surface area contributed by atoms with Gasteiger partial charge in [-0.15, -0.1) is 0 Å². The lowest BCUT2D eigenvalue weighted by molar-refractivity contribution is 0.660. The Morgan fingerprint density at radius 1 is 0.302 bits per heavy atom. The van der Waals surface area contributed by atoms with Crippen molar-refractivity contribution in [2.45, 2.75) is 38.5 Å². The zero-order chi connectivity index (χ0) is 42.2. The van der Waals surface area contributed by atoms with E-state index in [1.54, 1.807) is 0 Å². The average Bonchev–Trinajstić information content (AvgIpc) is 3.72. The number of hydrogen-bond acceptors (Lipinski definition) is 2. The van der Waals surface area contributed by atoms with E-state index in [0.29, 0.717) is 0 Å². The molecule has 4 aliphatic rings. The second-order valence-corrected chi connectivity index (χ2v) is 18.8. The summed E-state index contributed by atoms with van der Waals surface area (Å²) in [4.78, 5) is 5.45. The molecule has 0 unspecified atom stereocenters. The van der Waals surface area contributed by atoms with Gasteiger partial charge in [0.05, 0.1) is 0 Å². The van der Waals surface area contributed by atoms with Crippen molar-refractivity contribution in [1.82, 2.24) is 0 Å². The minimum atomic E-state index is -0.268. The Balaban J connectivity index is 1.23. The summed E-state index contributed by atoms with van der Waals surface area (Å²) in [6.45, 7) is 9.32. The normalized spacial score (nSPS) is 15.1. The van der Waals surface area contributed by atoms with Gasteiger partial charge in [0, 0.05) is 55.8 Å². The SMILES string of the molecule is CC1(C)c2ccccc2-c2c(N3B4c5c(c(-c6ccccc6)cc(-c6ccccc6)c5-c5ccccc5N4c4cccc5c4-c4ccccc4C5(C)C)-c4ccccc43)cccc21. The maximum Gasteiger partial charge on any atom is 0.422 e. The molecular formula is C60H45BN2. The van der Waals surface area contributed by atoms with E-state index in [1.807, 2.05) is 0 Å². The van der Waals surface area contributed by atoms with Crippen molar-refractivity contribution in [3.8, 4) is 66.8 Å². The quantitative estimate of drug-likeness (QED) is 0.164. The third-order valence-electron chi connectivity index (χ3n) is 14.8. The number of nitrogens with zero attached hydrogens (tertiary/aromatic N) is 2. The van der Waals surface area contributed by atoms with E-state index >= 15 is 0 Å². The van der Waals surface area contributed by atoms with Crippen LogP contribution in [0.25, 0.3) is 66.8 Å². The Morgan fingerprint density at radius 2 is 0.651 bits per heavy atom. The number of fused-ring (bicyclic) bond motifs is 10. The zero-order valence-electron chi connectivity index (χ0n) is 36.0. The molecule has 0 amide bonds. The fourth-order valence-corrected chi connectivity index (χ4v) is 12.1. The lowest BCUT2D eigenvalue weighted by Gasteiger charge is -2.49. The van der Waals surface area contributed by atoms with Gasteiger partial charge in [0.25, 0.3) is 0 Å². The topological polar surface area (TPSA) is 6.48 Å². The van der Waals surface area contributed by atoms with Crippen molar-refractivity contribution in [1.29, 1.82) is 0 Å². The van der Waals surface area contributed by atoms with E-state index < -0.39 is 0 Å². The number of anilines is 4. The molecule has 0 atom stereocenters. The summed E-state index contributed by atoms with van der Waals surface area (Å²) in [6.07, 6.45) is 0. The molecule has 0 bridgehead atoms. The monoisotopic (exact) mass is 804 g/mol. The number of benzene rings is 9. The van der Waals surface area contributed by atoms with Crippen LogP contribution in [-0.4, -0.2) is 6.98 Å². The fraction of sp³-hybridized carbons (Fsp3) is 0.100. The van der Waals surface area contributed by atoms with Gasteiger partial charge in [0.1, 0.15) is 0 Å². The van der Waals surface area contributed by atoms with Crippen LogP contribution in [0.3, 0.4) is 0 Å². The highest BCUT2D eigenvalue weighted by atomic mass is 15.2. The largest absolute Gasteiger partial charge is 0.422 e. The van der Waals surface area contributed by atoms with Crippen LogP contribution in [0.5, 0.6) is 0 Å². The Kier molecular flexibility index (Phi) is 7.54. The second kappa shape index (κ2) is 13.1. The van der Waals surface area contributed by atoms with E-state index in [4.69, 9.17) is 0 Å². The first-order chi connectivity index (χ1) is 30.8. The molecule has 63 heavy (non-hydrogen) atoms. The van der Waals surface area contributed by atoms with Crippen molar-refractivity contribution in [2.75, 3.05) is 9.62 Å². The predicted molar refractivity (Wildman–Crippen MR) is 266 cm³/mol. The van der Waals surface area contributed by atoms with Crippen LogP contribution in [0.2, 0.25) is 0 Å². The summed E-state index contributed by atoms with van der Waals surface area (Å²) >= 11 is 0. The minimum absolute atomic E-state index is 0.157. The zero-order valence-corrected chi connectivity index (χ0v) is 36.0. The van der Waals surface area contributed by atoms with Crippen molar-refractivity contribution in [3.63, 3.8) is 0 Å². The Morgan fingerprint density at radius 3 is 1.10 bits per heavy atom. The lowest BCUT2D eigenvalue weighted by atomic mass is 9.51. The predicted octanol–water partition coefficient (Wildman–Crippen LogP) is 15.0. The molecule has 2 heterocycles. The molecule has 2 nitrogen and oxygen atoms in total. The third-order valence-corrected chi connectivity index (χ3v) is 14.8. The molecule has 2 aliphatic heterocycles. The molecule has 0 saturated carbocycles. The summed E-state index contributed by atoms with van der Waals surface area (Å²) in [5, 5.41) is 0. The van der Waals surface area contributed by atoms with Gasteiger partial charge in [-0.25, -0.2) is 0 Å². The van der Waals surface area contributed by atoms with Gasteiger partial charge < -0.3 is 9.62 Å². The van der Waals surface area contributed by atoms with E-state index in [2.05, 4.69) is 238 Å². The minimum Gasteiger partial charge on any atom is -0.361 e. The molecule has 0 aromatic heterocycles. The van der Waals surface area contributed by atoms with E-state index in [0.717, 1.165) is 0 Å². The maximum absolute atomic E-state index is 2.73. The van der Waals surface area contributed by atoms with Crippen LogP contribution in [0, 0.1) is 0 Å². The average molecular weight is 805 g/mol. The number of para-hydroxylation sites is 2. The molecular weight excluding hydrogens is 759 g/mol. The number of rotatable bonds is 4. The standard InChI is InChI=1S/C60H45BN2/c1-59(2)46-29-15-11-25-40(46)56-48(59)31-19-35-52(56)62-50-33-17-13-27-42(50)54-44(38-21-7-5-8-22-38)37-45(39-23-9-6-10-24-39)55-43-28-14-18-34-51(43)63(61(62)58(54)55)53-36-20-32-49-57(53)41-26-12-16-30-47(41)60(49,3)4/h5-37H,1-4H3.